The third-order valence-electron chi connectivity index (χ3n) is 4.43. The first-order valence-electron chi connectivity index (χ1n) is 9.16. The van der Waals surface area contributed by atoms with Crippen LogP contribution >= 0.6 is 0 Å². The molecule has 4 aromatic rings. The Morgan fingerprint density at radius 3 is 2.70 bits per heavy atom. The number of methoxy groups -OCH3 is 1. The fourth-order valence-corrected chi connectivity index (χ4v) is 2.96. The van der Waals surface area contributed by atoms with Gasteiger partial charge in [0.2, 0.25) is 0 Å². The van der Waals surface area contributed by atoms with Gasteiger partial charge >= 0.3 is 0 Å². The fraction of sp³-hybridized carbons (Fsp3) is 0.0952. The second kappa shape index (κ2) is 8.39. The van der Waals surface area contributed by atoms with Crippen LogP contribution in [-0.2, 0) is 0 Å². The van der Waals surface area contributed by atoms with E-state index in [0.29, 0.717) is 22.7 Å². The van der Waals surface area contributed by atoms with Gasteiger partial charge in [0.1, 0.15) is 5.75 Å². The number of nitrogens with zero attached hydrogens (tertiary/aromatic N) is 5. The third-order valence-corrected chi connectivity index (χ3v) is 4.43. The maximum absolute atomic E-state index is 12.7. The van der Waals surface area contributed by atoms with Gasteiger partial charge in [-0.2, -0.15) is 10.2 Å². The molecule has 0 aliphatic rings. The maximum Gasteiger partial charge on any atom is 0.280 e. The predicted molar refractivity (Wildman–Crippen MR) is 114 cm³/mol. The predicted octanol–water partition coefficient (Wildman–Crippen LogP) is 2.78. The number of ether oxygens (including phenoxy) is 1. The van der Waals surface area contributed by atoms with Crippen molar-refractivity contribution >= 4 is 12.2 Å². The largest absolute Gasteiger partial charge is 0.496 e. The average Bonchev–Trinajstić information content (AvgIpc) is 3.08. The summed E-state index contributed by atoms with van der Waals surface area (Å²) >= 11 is 0. The molecule has 0 atom stereocenters. The molecular formula is C21H19N7O2. The lowest BCUT2D eigenvalue weighted by molar-refractivity contribution is 0.416. The number of nitrogens with one attached hydrogen (secondary N) is 2. The summed E-state index contributed by atoms with van der Waals surface area (Å²) in [6.45, 7) is 1.81. The Bertz CT molecular complexity index is 1250. The third kappa shape index (κ3) is 3.81. The molecule has 0 saturated heterocycles. The smallest absolute Gasteiger partial charge is 0.280 e. The number of hydrogen-bond donors (Lipinski definition) is 2. The molecule has 0 saturated carbocycles. The molecule has 0 bridgehead atoms. The number of aromatic nitrogens is 5. The van der Waals surface area contributed by atoms with Crippen molar-refractivity contribution in [3.05, 3.63) is 82.4 Å². The lowest BCUT2D eigenvalue weighted by Gasteiger charge is -2.07. The Labute approximate surface area is 172 Å². The summed E-state index contributed by atoms with van der Waals surface area (Å²) in [5.41, 5.74) is 5.76. The fourth-order valence-electron chi connectivity index (χ4n) is 2.96. The van der Waals surface area contributed by atoms with E-state index in [1.165, 1.54) is 10.9 Å². The van der Waals surface area contributed by atoms with Crippen LogP contribution in [0.1, 0.15) is 11.3 Å². The van der Waals surface area contributed by atoms with E-state index in [-0.39, 0.29) is 11.5 Å². The van der Waals surface area contributed by atoms with Crippen molar-refractivity contribution in [2.45, 2.75) is 6.92 Å². The molecule has 9 heteroatoms. The van der Waals surface area contributed by atoms with E-state index in [1.807, 2.05) is 61.5 Å². The zero-order valence-electron chi connectivity index (χ0n) is 16.4. The summed E-state index contributed by atoms with van der Waals surface area (Å²) in [5, 5.41) is 15.1. The molecule has 0 amide bonds. The summed E-state index contributed by atoms with van der Waals surface area (Å²) in [7, 11) is 1.60. The second-order valence-corrected chi connectivity index (χ2v) is 6.36. The molecule has 0 aliphatic heterocycles. The number of rotatable bonds is 6. The minimum absolute atomic E-state index is 0.200. The molecule has 9 nitrogen and oxygen atoms in total. The van der Waals surface area contributed by atoms with Crippen LogP contribution < -0.4 is 15.7 Å². The van der Waals surface area contributed by atoms with E-state index in [2.05, 4.69) is 30.8 Å². The van der Waals surface area contributed by atoms with Gasteiger partial charge in [-0.15, -0.1) is 5.10 Å². The molecule has 0 aliphatic carbocycles. The summed E-state index contributed by atoms with van der Waals surface area (Å²) in [5.74, 6) is 0.878. The first kappa shape index (κ1) is 19.1. The quantitative estimate of drug-likeness (QED) is 0.380. The van der Waals surface area contributed by atoms with Crippen LogP contribution in [0.15, 0.2) is 70.7 Å². The van der Waals surface area contributed by atoms with Gasteiger partial charge < -0.3 is 4.74 Å². The molecular weight excluding hydrogens is 382 g/mol. The summed E-state index contributed by atoms with van der Waals surface area (Å²) in [6.07, 6.45) is 2.98. The topological polar surface area (TPSA) is 110 Å². The molecule has 150 valence electrons. The molecule has 0 spiro atoms. The Morgan fingerprint density at radius 1 is 1.13 bits per heavy atom. The molecule has 2 heterocycles. The van der Waals surface area contributed by atoms with Crippen molar-refractivity contribution in [2.75, 3.05) is 12.5 Å². The van der Waals surface area contributed by atoms with Crippen molar-refractivity contribution in [1.29, 1.82) is 0 Å². The molecule has 0 unspecified atom stereocenters. The number of hydrazone groups is 1. The number of benzene rings is 2. The zero-order chi connectivity index (χ0) is 20.9. The highest BCUT2D eigenvalue weighted by molar-refractivity contribution is 5.81. The molecule has 2 N–H and O–H groups in total. The minimum atomic E-state index is -0.203. The van der Waals surface area contributed by atoms with Gasteiger partial charge in [0.25, 0.3) is 11.5 Å². The van der Waals surface area contributed by atoms with Crippen molar-refractivity contribution in [2.24, 2.45) is 5.10 Å². The molecule has 4 rings (SSSR count). The summed E-state index contributed by atoms with van der Waals surface area (Å²) in [4.78, 5) is 17.1. The van der Waals surface area contributed by atoms with Crippen LogP contribution in [0.25, 0.3) is 16.9 Å². The minimum Gasteiger partial charge on any atom is -0.496 e. The first-order valence-corrected chi connectivity index (χ1v) is 9.16. The van der Waals surface area contributed by atoms with Crippen LogP contribution in [0.5, 0.6) is 5.75 Å². The van der Waals surface area contributed by atoms with E-state index < -0.39 is 0 Å². The SMILES string of the molecule is COc1ccccc1-c1cnnc(NN=Cc2c(C)[nH]n(-c3ccccc3)c2=O)n1. The molecule has 0 fully saturated rings. The molecule has 30 heavy (non-hydrogen) atoms. The number of H-pyrrole nitrogens is 1. The number of anilines is 1. The van der Waals surface area contributed by atoms with E-state index in [0.717, 1.165) is 11.3 Å². The Balaban J connectivity index is 1.56. The van der Waals surface area contributed by atoms with Crippen LogP contribution in [0.2, 0.25) is 0 Å². The number of aryl methyl sites for hydroxylation is 1. The number of aromatic amines is 1. The van der Waals surface area contributed by atoms with E-state index in [9.17, 15) is 4.79 Å². The lowest BCUT2D eigenvalue weighted by atomic mass is 10.1. The van der Waals surface area contributed by atoms with Gasteiger partial charge in [0, 0.05) is 11.3 Å². The molecule has 2 aromatic heterocycles. The normalized spacial score (nSPS) is 11.0. The lowest BCUT2D eigenvalue weighted by Crippen LogP contribution is -2.17. The van der Waals surface area contributed by atoms with E-state index in [4.69, 9.17) is 4.74 Å². The Hall–Kier alpha value is -4.27. The summed E-state index contributed by atoms with van der Waals surface area (Å²) < 4.78 is 6.83. The van der Waals surface area contributed by atoms with Gasteiger partial charge in [0.05, 0.1) is 36.5 Å². The zero-order valence-corrected chi connectivity index (χ0v) is 16.4. The highest BCUT2D eigenvalue weighted by Gasteiger charge is 2.11. The monoisotopic (exact) mass is 401 g/mol. The van der Waals surface area contributed by atoms with Crippen molar-refractivity contribution in [3.63, 3.8) is 0 Å². The van der Waals surface area contributed by atoms with E-state index in [1.54, 1.807) is 13.3 Å². The molecule has 2 aromatic carbocycles. The van der Waals surface area contributed by atoms with Crippen molar-refractivity contribution < 1.29 is 4.74 Å². The first-order chi connectivity index (χ1) is 14.7. The van der Waals surface area contributed by atoms with Crippen LogP contribution in [0, 0.1) is 6.92 Å². The van der Waals surface area contributed by atoms with Crippen LogP contribution in [-0.4, -0.2) is 38.3 Å². The van der Waals surface area contributed by atoms with Crippen LogP contribution in [0.3, 0.4) is 0 Å². The van der Waals surface area contributed by atoms with Crippen molar-refractivity contribution in [1.82, 2.24) is 25.0 Å². The van der Waals surface area contributed by atoms with Gasteiger partial charge in [-0.1, -0.05) is 30.3 Å². The second-order valence-electron chi connectivity index (χ2n) is 6.36. The van der Waals surface area contributed by atoms with Crippen molar-refractivity contribution in [3.8, 4) is 22.7 Å². The number of para-hydroxylation sites is 2. The maximum atomic E-state index is 12.7. The Kier molecular flexibility index (Phi) is 5.33. The highest BCUT2D eigenvalue weighted by Crippen LogP contribution is 2.27. The Morgan fingerprint density at radius 2 is 1.90 bits per heavy atom. The van der Waals surface area contributed by atoms with E-state index >= 15 is 0 Å². The van der Waals surface area contributed by atoms with Crippen LogP contribution in [0.4, 0.5) is 5.95 Å². The standard InChI is InChI=1S/C21H19N7O2/c1-14-17(20(29)28(27-14)15-8-4-3-5-9-15)12-22-25-21-24-18(13-23-26-21)16-10-6-7-11-19(16)30-2/h3-13,27H,1-2H3,(H,24,25,26). The highest BCUT2D eigenvalue weighted by atomic mass is 16.5. The van der Waals surface area contributed by atoms with Gasteiger partial charge in [-0.3, -0.25) is 9.89 Å². The average molecular weight is 401 g/mol. The van der Waals surface area contributed by atoms with Gasteiger partial charge in [-0.25, -0.2) is 15.1 Å². The van der Waals surface area contributed by atoms with Gasteiger partial charge in [0.15, 0.2) is 0 Å². The number of hydrogen-bond acceptors (Lipinski definition) is 7. The molecule has 0 radical (unpaired) electrons. The summed E-state index contributed by atoms with van der Waals surface area (Å²) in [6, 6.07) is 16.8. The van der Waals surface area contributed by atoms with Gasteiger partial charge in [-0.05, 0) is 31.2 Å².